The van der Waals surface area contributed by atoms with Crippen molar-refractivity contribution in [2.75, 3.05) is 6.54 Å². The molecule has 0 radical (unpaired) electrons. The maximum absolute atomic E-state index is 12.0. The first-order valence-electron chi connectivity index (χ1n) is 8.99. The molecule has 0 saturated carbocycles. The molecule has 3 amide bonds. The summed E-state index contributed by atoms with van der Waals surface area (Å²) < 4.78 is -0.959. The Morgan fingerprint density at radius 3 is 2.50 bits per heavy atom. The molecule has 1 saturated heterocycles. The normalized spacial score (nSPS) is 14.3. The number of nitrogens with one attached hydrogen (secondary N) is 1. The van der Waals surface area contributed by atoms with Crippen molar-refractivity contribution in [3.63, 3.8) is 0 Å². The maximum Gasteiger partial charge on any atom is 0.333 e. The number of hydrogen-bond acceptors (Lipinski definition) is 8. The molecule has 2 rings (SSSR count). The Morgan fingerprint density at radius 1 is 1.14 bits per heavy atom. The van der Waals surface area contributed by atoms with E-state index in [2.05, 4.69) is 35.6 Å². The van der Waals surface area contributed by atoms with E-state index in [0.717, 1.165) is 0 Å². The van der Waals surface area contributed by atoms with E-state index in [0.29, 0.717) is 36.6 Å². The monoisotopic (exact) mass is 425 g/mol. The van der Waals surface area contributed by atoms with Gasteiger partial charge in [-0.2, -0.15) is 25.3 Å². The summed E-state index contributed by atoms with van der Waals surface area (Å²) in [5.41, 5.74) is 0.602. The van der Waals surface area contributed by atoms with Crippen LogP contribution in [0.5, 0.6) is 0 Å². The summed E-state index contributed by atoms with van der Waals surface area (Å²) in [4.78, 5) is 55.4. The highest BCUT2D eigenvalue weighted by Crippen LogP contribution is 2.34. The Morgan fingerprint density at radius 2 is 1.86 bits per heavy atom. The second-order valence-corrected chi connectivity index (χ2v) is 8.29. The van der Waals surface area contributed by atoms with Crippen LogP contribution in [0.15, 0.2) is 24.4 Å². The quantitative estimate of drug-likeness (QED) is 0.228. The van der Waals surface area contributed by atoms with Gasteiger partial charge in [0.1, 0.15) is 4.08 Å². The van der Waals surface area contributed by atoms with Gasteiger partial charge >= 0.3 is 5.97 Å². The number of carbonyl (C=O) groups is 4. The fourth-order valence-corrected chi connectivity index (χ4v) is 3.13. The van der Waals surface area contributed by atoms with Crippen LogP contribution in [0.1, 0.15) is 50.6 Å². The van der Waals surface area contributed by atoms with Crippen molar-refractivity contribution >= 4 is 48.9 Å². The number of carbonyl (C=O) groups excluding carboxylic acids is 4. The molecule has 1 N–H and O–H groups in total. The molecule has 0 aromatic carbocycles. The number of aromatic nitrogens is 1. The van der Waals surface area contributed by atoms with E-state index >= 15 is 0 Å². The van der Waals surface area contributed by atoms with Crippen molar-refractivity contribution in [3.8, 4) is 0 Å². The van der Waals surface area contributed by atoms with Crippen LogP contribution >= 0.6 is 25.3 Å². The molecule has 1 aromatic rings. The van der Waals surface area contributed by atoms with Gasteiger partial charge in [0, 0.05) is 32.0 Å². The molecule has 2 heterocycles. The number of hydrogen-bond donors (Lipinski definition) is 3. The summed E-state index contributed by atoms with van der Waals surface area (Å²) in [7, 11) is 0. The topological polar surface area (TPSA) is 106 Å². The van der Waals surface area contributed by atoms with Crippen LogP contribution in [0, 0.1) is 0 Å². The number of imide groups is 1. The number of amides is 3. The maximum atomic E-state index is 12.0. The Hall–Kier alpha value is -2.07. The highest BCUT2D eigenvalue weighted by Gasteiger charge is 2.32. The summed E-state index contributed by atoms with van der Waals surface area (Å²) in [5, 5.41) is 3.34. The first-order valence-corrected chi connectivity index (χ1v) is 9.88. The van der Waals surface area contributed by atoms with Crippen LogP contribution in [0.3, 0.4) is 0 Å². The molecule has 0 atom stereocenters. The second kappa shape index (κ2) is 10.5. The highest BCUT2D eigenvalue weighted by molar-refractivity contribution is 7.99. The number of thiol groups is 2. The molecule has 1 aliphatic rings. The lowest BCUT2D eigenvalue weighted by molar-refractivity contribution is -0.197. The summed E-state index contributed by atoms with van der Waals surface area (Å²) in [5.74, 6) is -1.79. The lowest BCUT2D eigenvalue weighted by atomic mass is 10.1. The smallest absolute Gasteiger partial charge is 0.333 e. The fourth-order valence-electron chi connectivity index (χ4n) is 2.58. The minimum absolute atomic E-state index is 0.0699. The summed E-state index contributed by atoms with van der Waals surface area (Å²) in [6.07, 6.45) is 3.83. The number of nitrogens with zero attached hydrogens (tertiary/aromatic N) is 2. The third-order valence-corrected chi connectivity index (χ3v) is 4.84. The van der Waals surface area contributed by atoms with E-state index in [1.54, 1.807) is 18.3 Å². The predicted molar refractivity (Wildman–Crippen MR) is 107 cm³/mol. The van der Waals surface area contributed by atoms with Crippen LogP contribution in [0.2, 0.25) is 0 Å². The molecule has 0 unspecified atom stereocenters. The average molecular weight is 426 g/mol. The number of pyridine rings is 1. The van der Waals surface area contributed by atoms with E-state index in [1.165, 1.54) is 0 Å². The first kappa shape index (κ1) is 22.2. The van der Waals surface area contributed by atoms with Crippen molar-refractivity contribution < 1.29 is 24.0 Å². The lowest BCUT2D eigenvalue weighted by Crippen LogP contribution is -2.32. The third kappa shape index (κ3) is 6.83. The van der Waals surface area contributed by atoms with Crippen molar-refractivity contribution in [1.29, 1.82) is 0 Å². The van der Waals surface area contributed by atoms with Crippen molar-refractivity contribution in [2.24, 2.45) is 0 Å². The molecule has 1 aromatic heterocycles. The zero-order valence-corrected chi connectivity index (χ0v) is 17.1. The first-order chi connectivity index (χ1) is 13.3. The number of unbranched alkanes of at least 4 members (excludes halogenated alkanes) is 2. The van der Waals surface area contributed by atoms with Crippen LogP contribution in [-0.4, -0.2) is 40.3 Å². The van der Waals surface area contributed by atoms with E-state index < -0.39 is 21.9 Å². The standard InChI is InChI=1S/C18H23N3O5S2/c22-14(12-18(27,28)13-6-3-5-10-19-13)20-11-4-1-2-7-17(25)26-21-15(23)8-9-16(21)24/h3,5-6,10,27-28H,1-2,4,7-9,11-12H2,(H,20,22). The number of rotatable bonds is 10. The minimum atomic E-state index is -0.959. The van der Waals surface area contributed by atoms with Gasteiger partial charge in [0.2, 0.25) is 5.91 Å². The van der Waals surface area contributed by atoms with Crippen LogP contribution in [0.25, 0.3) is 0 Å². The van der Waals surface area contributed by atoms with Crippen molar-refractivity contribution in [2.45, 2.75) is 49.0 Å². The van der Waals surface area contributed by atoms with Gasteiger partial charge in [0.05, 0.1) is 12.1 Å². The summed E-state index contributed by atoms with van der Waals surface area (Å²) >= 11 is 8.83. The van der Waals surface area contributed by atoms with E-state index in [-0.39, 0.29) is 31.6 Å². The van der Waals surface area contributed by atoms with Gasteiger partial charge in [0.25, 0.3) is 11.8 Å². The van der Waals surface area contributed by atoms with Crippen LogP contribution in [-0.2, 0) is 28.1 Å². The molecule has 0 bridgehead atoms. The SMILES string of the molecule is O=C(CC(S)(S)c1ccccn1)NCCCCCC(=O)ON1C(=O)CCC1=O. The van der Waals surface area contributed by atoms with Gasteiger partial charge in [0.15, 0.2) is 0 Å². The van der Waals surface area contributed by atoms with Gasteiger partial charge in [-0.3, -0.25) is 19.4 Å². The third-order valence-electron chi connectivity index (χ3n) is 4.06. The Balaban J connectivity index is 1.57. The second-order valence-electron chi connectivity index (χ2n) is 6.41. The molecule has 8 nitrogen and oxygen atoms in total. The molecular formula is C18H23N3O5S2. The molecule has 1 fully saturated rings. The number of hydroxylamine groups is 2. The van der Waals surface area contributed by atoms with Crippen LogP contribution < -0.4 is 5.32 Å². The van der Waals surface area contributed by atoms with Gasteiger partial charge in [-0.25, -0.2) is 4.79 Å². The zero-order valence-electron chi connectivity index (χ0n) is 15.3. The molecule has 0 aliphatic carbocycles. The lowest BCUT2D eigenvalue weighted by Gasteiger charge is -2.21. The summed E-state index contributed by atoms with van der Waals surface area (Å²) in [6.45, 7) is 0.455. The van der Waals surface area contributed by atoms with Gasteiger partial charge in [-0.1, -0.05) is 12.5 Å². The predicted octanol–water partition coefficient (Wildman–Crippen LogP) is 1.77. The molecule has 0 spiro atoms. The molecular weight excluding hydrogens is 402 g/mol. The van der Waals surface area contributed by atoms with Gasteiger partial charge in [-0.15, -0.1) is 5.06 Å². The van der Waals surface area contributed by atoms with Crippen LogP contribution in [0.4, 0.5) is 0 Å². The largest absolute Gasteiger partial charge is 0.356 e. The Kier molecular flexibility index (Phi) is 8.31. The fraction of sp³-hybridized carbons (Fsp3) is 0.500. The molecule has 10 heteroatoms. The Labute approximate surface area is 174 Å². The summed E-state index contributed by atoms with van der Waals surface area (Å²) in [6, 6.07) is 5.34. The Bertz CT molecular complexity index is 711. The molecule has 1 aliphatic heterocycles. The van der Waals surface area contributed by atoms with E-state index in [4.69, 9.17) is 4.84 Å². The highest BCUT2D eigenvalue weighted by atomic mass is 32.2. The van der Waals surface area contributed by atoms with Gasteiger partial charge < -0.3 is 10.2 Å². The molecule has 152 valence electrons. The van der Waals surface area contributed by atoms with Gasteiger partial charge in [-0.05, 0) is 25.0 Å². The molecule has 28 heavy (non-hydrogen) atoms. The van der Waals surface area contributed by atoms with E-state index in [9.17, 15) is 19.2 Å². The zero-order chi connectivity index (χ0) is 20.6. The van der Waals surface area contributed by atoms with Crippen molar-refractivity contribution in [3.05, 3.63) is 30.1 Å². The minimum Gasteiger partial charge on any atom is -0.356 e. The van der Waals surface area contributed by atoms with Crippen molar-refractivity contribution in [1.82, 2.24) is 15.4 Å². The average Bonchev–Trinajstić information content (AvgIpc) is 2.97. The van der Waals surface area contributed by atoms with E-state index in [1.807, 2.05) is 6.07 Å².